The molecule has 0 radical (unpaired) electrons. The number of carbonyl (C=O) groups excluding carboxylic acids is 9. The van der Waals surface area contributed by atoms with Crippen LogP contribution >= 0.6 is 0 Å². The molecule has 0 spiro atoms. The standard InChI is InChI=1S/C62H90O26/c1-30(63)77-28-38-43(79-31(2)64)44(80-32(3)65)48(82-34(5)67)54(84-38)88-49-46(86-53(78-29-42(69)74-14)50(52(71)76-16)83-35(6)68)45(81-33(4)66)47(51(70)75-15)87-55(49)85-41-20-21-59(11)39(58(41,9)10)19-22-61(13)40(59)18-17-36-37-27-57(7,8)23-25-62(37,56(72)73)26-24-60(36,61)12/h17,37-41,43-50,53-55H,18-29H2,1-16H3,(H,72,73)/t37-,38+,39-,40+,41-,43+,44-,45-,46-,47-,48+,49+,50?,53?,54-,55+,59-,60+,61+,62-/m0/s1. The Balaban J connectivity index is 1.38. The highest BCUT2D eigenvalue weighted by Crippen LogP contribution is 2.76. The molecule has 2 aliphatic heterocycles. The van der Waals surface area contributed by atoms with Crippen LogP contribution < -0.4 is 0 Å². The smallest absolute Gasteiger partial charge is 0.352 e. The molecule has 2 saturated heterocycles. The predicted octanol–water partition coefficient (Wildman–Crippen LogP) is 5.56. The van der Waals surface area contributed by atoms with Gasteiger partial charge in [0.1, 0.15) is 31.5 Å². The van der Waals surface area contributed by atoms with Crippen molar-refractivity contribution in [3.8, 4) is 0 Å². The zero-order valence-corrected chi connectivity index (χ0v) is 53.5. The first kappa shape index (κ1) is 69.7. The van der Waals surface area contributed by atoms with Crippen molar-refractivity contribution in [1.29, 1.82) is 0 Å². The van der Waals surface area contributed by atoms with Crippen LogP contribution in [0.2, 0.25) is 0 Å². The summed E-state index contributed by atoms with van der Waals surface area (Å²) in [6.07, 6.45) is -15.1. The molecule has 0 aromatic heterocycles. The van der Waals surface area contributed by atoms with Crippen LogP contribution in [0.5, 0.6) is 0 Å². The van der Waals surface area contributed by atoms with Gasteiger partial charge >= 0.3 is 59.7 Å². The summed E-state index contributed by atoms with van der Waals surface area (Å²) in [5, 5.41) is 11.0. The molecule has 0 bridgehead atoms. The lowest BCUT2D eigenvalue weighted by molar-refractivity contribution is -0.387. The fourth-order valence-electron chi connectivity index (χ4n) is 16.4. The van der Waals surface area contributed by atoms with Crippen LogP contribution in [-0.4, -0.2) is 179 Å². The third-order valence-corrected chi connectivity index (χ3v) is 20.6. The lowest BCUT2D eigenvalue weighted by Gasteiger charge is -2.71. The minimum absolute atomic E-state index is 0.0277. The van der Waals surface area contributed by atoms with E-state index in [0.29, 0.717) is 25.7 Å². The molecule has 494 valence electrons. The first-order valence-electron chi connectivity index (χ1n) is 30.1. The average molecular weight is 1250 g/mol. The van der Waals surface area contributed by atoms with Crippen molar-refractivity contribution < 1.29 is 124 Å². The minimum Gasteiger partial charge on any atom is -0.481 e. The number of esters is 9. The van der Waals surface area contributed by atoms with Gasteiger partial charge in [0.15, 0.2) is 43.1 Å². The van der Waals surface area contributed by atoms with Gasteiger partial charge in [-0.1, -0.05) is 60.1 Å². The number of allylic oxidation sites excluding steroid dienone is 2. The van der Waals surface area contributed by atoms with E-state index in [1.807, 2.05) is 0 Å². The topological polar surface area (TPSA) is 329 Å². The molecule has 0 aromatic rings. The molecule has 2 heterocycles. The highest BCUT2D eigenvalue weighted by Gasteiger charge is 2.70. The summed E-state index contributed by atoms with van der Waals surface area (Å²) in [4.78, 5) is 132. The van der Waals surface area contributed by atoms with Gasteiger partial charge in [0.05, 0.1) is 32.8 Å². The zero-order valence-electron chi connectivity index (χ0n) is 53.5. The Labute approximate surface area is 512 Å². The Morgan fingerprint density at radius 3 is 1.80 bits per heavy atom. The molecular formula is C62H90O26. The maximum Gasteiger partial charge on any atom is 0.352 e. The molecule has 20 atom stereocenters. The van der Waals surface area contributed by atoms with Crippen molar-refractivity contribution >= 4 is 59.7 Å². The third kappa shape index (κ3) is 13.8. The van der Waals surface area contributed by atoms with Crippen molar-refractivity contribution in [2.45, 2.75) is 234 Å². The number of rotatable bonds is 20. The van der Waals surface area contributed by atoms with E-state index < -0.39 is 164 Å². The number of methoxy groups -OCH3 is 3. The Morgan fingerprint density at radius 1 is 0.614 bits per heavy atom. The fourth-order valence-corrected chi connectivity index (χ4v) is 16.4. The highest BCUT2D eigenvalue weighted by molar-refractivity contribution is 5.80. The second-order valence-electron chi connectivity index (χ2n) is 26.8. The number of carboxylic acid groups (broad SMARTS) is 1. The molecular weight excluding hydrogens is 1160 g/mol. The lowest BCUT2D eigenvalue weighted by Crippen LogP contribution is -2.69. The van der Waals surface area contributed by atoms with Crippen LogP contribution in [0.4, 0.5) is 0 Å². The van der Waals surface area contributed by atoms with Crippen molar-refractivity contribution in [1.82, 2.24) is 0 Å². The van der Waals surface area contributed by atoms with Gasteiger partial charge < -0.3 is 76.2 Å². The molecule has 5 aliphatic carbocycles. The summed E-state index contributed by atoms with van der Waals surface area (Å²) >= 11 is 0. The number of fused-ring (bicyclic) bond motifs is 7. The summed E-state index contributed by atoms with van der Waals surface area (Å²) < 4.78 is 88.4. The molecule has 7 rings (SSSR count). The fraction of sp³-hybridized carbons (Fsp3) is 0.806. The zero-order chi connectivity index (χ0) is 65.4. The highest BCUT2D eigenvalue weighted by atomic mass is 16.8. The Kier molecular flexibility index (Phi) is 21.3. The molecule has 4 saturated carbocycles. The van der Waals surface area contributed by atoms with E-state index >= 15 is 0 Å². The van der Waals surface area contributed by atoms with Crippen LogP contribution in [0, 0.1) is 50.2 Å². The number of carboxylic acids is 1. The van der Waals surface area contributed by atoms with E-state index in [9.17, 15) is 53.1 Å². The van der Waals surface area contributed by atoms with Crippen LogP contribution in [0.25, 0.3) is 0 Å². The maximum atomic E-state index is 14.3. The van der Waals surface area contributed by atoms with Crippen molar-refractivity contribution in [2.75, 3.05) is 34.5 Å². The third-order valence-electron chi connectivity index (χ3n) is 20.6. The molecule has 0 aromatic carbocycles. The molecule has 26 nitrogen and oxygen atoms in total. The van der Waals surface area contributed by atoms with Gasteiger partial charge in [0.25, 0.3) is 0 Å². The SMILES string of the molecule is COC(=O)COC(O[C@@H]1[C@@H](O[C@@H]2O[C@H](COC(C)=O)[C@@H](OC(C)=O)[C@H](OC(C)=O)[C@H]2OC(C)=O)[C@H](O[C@H]2CC[C@]3(C)[C@H]4CC=C5[C@@H]6CC(C)(C)CC[C@]6(C(=O)O)CC[C@@]5(C)[C@]4(C)CC[C@H]3C2(C)C)O[C@H](C(=O)OC)[C@H]1OC(C)=O)C(OC(C)=O)C(=O)OC. The largest absolute Gasteiger partial charge is 0.481 e. The van der Waals surface area contributed by atoms with Crippen LogP contribution in [0.3, 0.4) is 0 Å². The second-order valence-corrected chi connectivity index (χ2v) is 26.8. The van der Waals surface area contributed by atoms with E-state index in [1.54, 1.807) is 0 Å². The minimum atomic E-state index is -2.25. The number of carbonyl (C=O) groups is 10. The Bertz CT molecular complexity index is 2700. The van der Waals surface area contributed by atoms with Gasteiger partial charge in [-0.2, -0.15) is 0 Å². The number of hydrogen-bond donors (Lipinski definition) is 1. The monoisotopic (exact) mass is 1250 g/mol. The van der Waals surface area contributed by atoms with E-state index in [1.165, 1.54) is 5.57 Å². The first-order valence-corrected chi connectivity index (χ1v) is 30.1. The number of aliphatic carboxylic acids is 1. The molecule has 1 N–H and O–H groups in total. The molecule has 26 heteroatoms. The Morgan fingerprint density at radius 2 is 1.22 bits per heavy atom. The van der Waals surface area contributed by atoms with Crippen molar-refractivity contribution in [3.05, 3.63) is 11.6 Å². The van der Waals surface area contributed by atoms with E-state index in [0.717, 1.165) is 101 Å². The summed E-state index contributed by atoms with van der Waals surface area (Å²) in [5.41, 5.74) is -1.23. The molecule has 0 amide bonds. The Hall–Kier alpha value is -5.80. The van der Waals surface area contributed by atoms with Gasteiger partial charge in [-0.25, -0.2) is 14.4 Å². The van der Waals surface area contributed by atoms with Gasteiger partial charge in [0, 0.05) is 41.5 Å². The van der Waals surface area contributed by atoms with E-state index in [2.05, 4.69) is 54.5 Å². The number of ether oxygens (including phenoxy) is 15. The summed E-state index contributed by atoms with van der Waals surface area (Å²) in [6.45, 7) is 20.1. The lowest BCUT2D eigenvalue weighted by atomic mass is 9.33. The molecule has 6 fully saturated rings. The van der Waals surface area contributed by atoms with E-state index in [4.69, 9.17) is 71.1 Å². The second kappa shape index (κ2) is 27.0. The van der Waals surface area contributed by atoms with Gasteiger partial charge in [-0.05, 0) is 109 Å². The molecule has 88 heavy (non-hydrogen) atoms. The van der Waals surface area contributed by atoms with Crippen LogP contribution in [0.1, 0.15) is 154 Å². The molecule has 7 aliphatic rings. The summed E-state index contributed by atoms with van der Waals surface area (Å²) in [5.74, 6) is -10.1. The normalized spacial score (nSPS) is 37.7. The quantitative estimate of drug-likeness (QED) is 0.0512. The van der Waals surface area contributed by atoms with Crippen molar-refractivity contribution in [2.24, 2.45) is 50.2 Å². The average Bonchev–Trinajstić information content (AvgIpc) is 0.686. The van der Waals surface area contributed by atoms with Crippen LogP contribution in [-0.2, 0) is 119 Å². The first-order chi connectivity index (χ1) is 41.0. The van der Waals surface area contributed by atoms with Crippen LogP contribution in [0.15, 0.2) is 11.6 Å². The van der Waals surface area contributed by atoms with Gasteiger partial charge in [-0.3, -0.25) is 33.6 Å². The summed E-state index contributed by atoms with van der Waals surface area (Å²) in [7, 11) is 3.00. The number of hydrogen-bond acceptors (Lipinski definition) is 25. The van der Waals surface area contributed by atoms with Gasteiger partial charge in [-0.15, -0.1) is 0 Å². The molecule has 2 unspecified atom stereocenters. The van der Waals surface area contributed by atoms with Crippen molar-refractivity contribution in [3.63, 3.8) is 0 Å². The predicted molar refractivity (Wildman–Crippen MR) is 299 cm³/mol. The summed E-state index contributed by atoms with van der Waals surface area (Å²) in [6, 6.07) is 0. The van der Waals surface area contributed by atoms with Gasteiger partial charge in [0.2, 0.25) is 12.4 Å². The van der Waals surface area contributed by atoms with E-state index in [-0.39, 0.29) is 39.4 Å². The maximum absolute atomic E-state index is 14.3.